The summed E-state index contributed by atoms with van der Waals surface area (Å²) < 4.78 is 75.5. The van der Waals surface area contributed by atoms with Crippen LogP contribution in [0.25, 0.3) is 83.3 Å². The van der Waals surface area contributed by atoms with E-state index >= 15 is 0 Å². The number of imidazole rings is 1. The summed E-state index contributed by atoms with van der Waals surface area (Å²) in [7, 11) is 0. The molecule has 4 aromatic heterocycles. The fourth-order valence-electron chi connectivity index (χ4n) is 8.69. The van der Waals surface area contributed by atoms with Crippen molar-refractivity contribution in [2.24, 2.45) is 0 Å². The van der Waals surface area contributed by atoms with E-state index in [2.05, 4.69) is 78.2 Å². The number of benzene rings is 7. The van der Waals surface area contributed by atoms with Gasteiger partial charge in [-0.2, -0.15) is 53.6 Å². The Labute approximate surface area is 404 Å². The smallest absolute Gasteiger partial charge is 0.268 e. The molecule has 11 aromatic rings. The van der Waals surface area contributed by atoms with Crippen molar-refractivity contribution in [2.75, 3.05) is 0 Å². The molecular formula is C59H48N4OPt-2. The van der Waals surface area contributed by atoms with Crippen molar-refractivity contribution in [1.82, 2.24) is 14.1 Å². The zero-order valence-corrected chi connectivity index (χ0v) is 39.1. The van der Waals surface area contributed by atoms with E-state index in [9.17, 15) is 5.48 Å². The van der Waals surface area contributed by atoms with Crippen molar-refractivity contribution in [1.29, 1.82) is 0 Å². The van der Waals surface area contributed by atoms with Gasteiger partial charge in [-0.1, -0.05) is 156 Å². The van der Waals surface area contributed by atoms with Gasteiger partial charge < -0.3 is 13.6 Å². The molecule has 0 aliphatic carbocycles. The molecule has 5 nitrogen and oxygen atoms in total. The van der Waals surface area contributed by atoms with E-state index in [-0.39, 0.29) is 55.1 Å². The van der Waals surface area contributed by atoms with Gasteiger partial charge in [0.15, 0.2) is 11.4 Å². The first-order valence-electron chi connectivity index (χ1n) is 25.0. The van der Waals surface area contributed by atoms with Crippen LogP contribution in [0.15, 0.2) is 174 Å². The average Bonchev–Trinajstić information content (AvgIpc) is 4.09. The zero-order chi connectivity index (χ0) is 49.9. The van der Waals surface area contributed by atoms with E-state index in [0.717, 1.165) is 49.4 Å². The number of nitrogens with zero attached hydrogens (tertiary/aromatic N) is 4. The van der Waals surface area contributed by atoms with Crippen LogP contribution < -0.4 is 4.57 Å². The number of aromatic nitrogens is 4. The number of hydrogen-bond donors (Lipinski definition) is 0. The van der Waals surface area contributed by atoms with E-state index in [4.69, 9.17) is 13.5 Å². The Morgan fingerprint density at radius 1 is 0.677 bits per heavy atom. The third-order valence-corrected chi connectivity index (χ3v) is 12.0. The Balaban J connectivity index is 0.00000596. The number of para-hydroxylation sites is 4. The minimum absolute atomic E-state index is 0. The molecule has 11 rings (SSSR count). The zero-order valence-electron chi connectivity index (χ0n) is 43.8. The van der Waals surface area contributed by atoms with Gasteiger partial charge in [-0.05, 0) is 79.9 Å². The van der Waals surface area contributed by atoms with Crippen molar-refractivity contribution >= 4 is 43.8 Å². The first-order valence-corrected chi connectivity index (χ1v) is 21.5. The summed E-state index contributed by atoms with van der Waals surface area (Å²) in [5.74, 6) is 0.581. The predicted molar refractivity (Wildman–Crippen MR) is 261 cm³/mol. The largest absolute Gasteiger partial charge is 0.460 e. The monoisotopic (exact) mass is 1030 g/mol. The van der Waals surface area contributed by atoms with E-state index in [1.165, 1.54) is 0 Å². The van der Waals surface area contributed by atoms with Gasteiger partial charge in [0.2, 0.25) is 0 Å². The number of pyridine rings is 1. The molecule has 0 spiro atoms. The number of rotatable bonds is 7. The molecule has 4 heterocycles. The van der Waals surface area contributed by atoms with Gasteiger partial charge in [0.1, 0.15) is 0 Å². The first kappa shape index (κ1) is 34.6. The summed E-state index contributed by atoms with van der Waals surface area (Å²) in [6.07, 6.45) is 4.90. The van der Waals surface area contributed by atoms with Gasteiger partial charge in [0.05, 0.1) is 29.8 Å². The number of furan rings is 1. The minimum Gasteiger partial charge on any atom is -0.460 e. The molecule has 65 heavy (non-hydrogen) atoms. The SMILES string of the molecule is [2H]c1c([2H])c([2H])c(-c2cccc(-c3cc(C(C)(C)C)cc(C(C)(C)C)c3)c2-[n+]2[c-]n(-c3[c-]c(C([2H])([2H])c4[c-]c5c(cc4)c4ccccc4n5-c4nccc5ccoc45)ccc3)c3ccccc32)c([2H])c1[2H].[Pt]. The Morgan fingerprint density at radius 2 is 1.37 bits per heavy atom. The molecule has 6 heteroatoms. The minimum atomic E-state index is -2.09. The summed E-state index contributed by atoms with van der Waals surface area (Å²) in [6.45, 7) is 13.1. The van der Waals surface area contributed by atoms with Gasteiger partial charge in [-0.3, -0.25) is 4.57 Å². The van der Waals surface area contributed by atoms with Crippen molar-refractivity contribution < 1.29 is 39.6 Å². The summed E-state index contributed by atoms with van der Waals surface area (Å²) in [4.78, 5) is 4.76. The van der Waals surface area contributed by atoms with Crippen molar-refractivity contribution in [2.45, 2.75) is 58.7 Å². The van der Waals surface area contributed by atoms with Crippen LogP contribution in [-0.4, -0.2) is 14.1 Å². The molecule has 322 valence electrons. The predicted octanol–water partition coefficient (Wildman–Crippen LogP) is 14.1. The van der Waals surface area contributed by atoms with Crippen LogP contribution in [0.3, 0.4) is 0 Å². The second-order valence-electron chi connectivity index (χ2n) is 18.3. The summed E-state index contributed by atoms with van der Waals surface area (Å²) in [5, 5.41) is 2.76. The van der Waals surface area contributed by atoms with Crippen LogP contribution in [0.2, 0.25) is 0 Å². The Bertz CT molecular complexity index is 3910. The maximum absolute atomic E-state index is 9.78. The summed E-state index contributed by atoms with van der Waals surface area (Å²) >= 11 is 0. The molecule has 0 aliphatic heterocycles. The Hall–Kier alpha value is -6.81. The average molecular weight is 1030 g/mol. The summed E-state index contributed by atoms with van der Waals surface area (Å²) in [5.41, 5.74) is 9.23. The molecule has 0 radical (unpaired) electrons. The molecule has 0 atom stereocenters. The van der Waals surface area contributed by atoms with E-state index in [1.54, 1.807) is 36.7 Å². The van der Waals surface area contributed by atoms with Crippen molar-refractivity contribution in [3.63, 3.8) is 0 Å². The van der Waals surface area contributed by atoms with E-state index < -0.39 is 24.5 Å². The van der Waals surface area contributed by atoms with Crippen LogP contribution in [0.1, 0.15) is 73.4 Å². The fraction of sp³-hybridized carbons (Fsp3) is 0.153. The van der Waals surface area contributed by atoms with E-state index in [1.807, 2.05) is 98.6 Å². The fourth-order valence-corrected chi connectivity index (χ4v) is 8.69. The van der Waals surface area contributed by atoms with Crippen LogP contribution >= 0.6 is 0 Å². The quantitative estimate of drug-likeness (QED) is 0.118. The van der Waals surface area contributed by atoms with E-state index in [0.29, 0.717) is 44.9 Å². The molecule has 0 saturated carbocycles. The third-order valence-electron chi connectivity index (χ3n) is 12.0. The molecule has 0 N–H and O–H groups in total. The maximum Gasteiger partial charge on any atom is 0.268 e. The normalized spacial score (nSPS) is 13.8. The standard InChI is InChI=1S/C59H48N4O.Pt/c1-58(2,3)44-35-43(36-45(37-44)59(4,5)6)48-22-15-21-47(41-17-8-7-9-18-41)55(48)62-38-61(52-24-12-13-25-53(52)62)46-19-14-16-39(33-46)32-40-26-27-50-49-20-10-11-23-51(49)63(54(50)34-40)57-56-42(28-30-60-57)29-31-64-56;/h7-31,35-37H,32H2,1-6H3;/q-2;/i7D,8D,9D,17D,18D,32D2;. The Morgan fingerprint density at radius 3 is 2.14 bits per heavy atom. The molecular weight excluding hydrogens is 976 g/mol. The molecule has 0 fully saturated rings. The van der Waals surface area contributed by atoms with Crippen LogP contribution in [0, 0.1) is 18.5 Å². The molecule has 0 aliphatic rings. The topological polar surface area (TPSA) is 39.8 Å². The van der Waals surface area contributed by atoms with Gasteiger partial charge in [0.25, 0.3) is 6.33 Å². The van der Waals surface area contributed by atoms with Crippen LogP contribution in [0.4, 0.5) is 0 Å². The van der Waals surface area contributed by atoms with Crippen molar-refractivity contribution in [3.05, 3.63) is 211 Å². The van der Waals surface area contributed by atoms with Gasteiger partial charge >= 0.3 is 0 Å². The van der Waals surface area contributed by atoms with Crippen LogP contribution in [-0.2, 0) is 38.3 Å². The van der Waals surface area contributed by atoms with Gasteiger partial charge in [0, 0.05) is 40.9 Å². The van der Waals surface area contributed by atoms with Gasteiger partial charge in [-0.15, -0.1) is 5.39 Å². The molecule has 7 aromatic carbocycles. The Kier molecular flexibility index (Phi) is 8.68. The molecule has 0 unspecified atom stereocenters. The summed E-state index contributed by atoms with van der Waals surface area (Å²) in [6, 6.07) is 45.9. The molecule has 0 bridgehead atoms. The third kappa shape index (κ3) is 7.52. The van der Waals surface area contributed by atoms with Gasteiger partial charge in [-0.25, -0.2) is 4.98 Å². The first-order chi connectivity index (χ1) is 33.8. The van der Waals surface area contributed by atoms with Crippen LogP contribution in [0.5, 0.6) is 0 Å². The maximum atomic E-state index is 9.78. The number of hydrogen-bond acceptors (Lipinski definition) is 2. The second-order valence-corrected chi connectivity index (χ2v) is 18.3. The number of fused-ring (bicyclic) bond motifs is 5. The molecule has 0 saturated heterocycles. The van der Waals surface area contributed by atoms with Crippen molar-refractivity contribution in [3.8, 4) is 39.4 Å². The molecule has 0 amide bonds. The second kappa shape index (κ2) is 16.3.